The van der Waals surface area contributed by atoms with E-state index in [1.807, 2.05) is 39.1 Å². The smallest absolute Gasteiger partial charge is 0.257 e. The largest absolute Gasteiger partial charge is 0.366 e. The molecule has 6 nitrogen and oxygen atoms in total. The number of carbonyl (C=O) groups is 2. The summed E-state index contributed by atoms with van der Waals surface area (Å²) in [5.41, 5.74) is 12.6. The molecule has 0 aliphatic heterocycles. The van der Waals surface area contributed by atoms with Crippen LogP contribution < -0.4 is 11.1 Å². The molecule has 4 rings (SSSR count). The van der Waals surface area contributed by atoms with Crippen LogP contribution >= 0.6 is 0 Å². The first-order chi connectivity index (χ1) is 15.0. The molecule has 166 valence electrons. The first-order valence-corrected chi connectivity index (χ1v) is 10.9. The van der Waals surface area contributed by atoms with Crippen molar-refractivity contribution in [2.75, 3.05) is 5.32 Å². The second-order valence-electron chi connectivity index (χ2n) is 9.47. The second-order valence-corrected chi connectivity index (χ2v) is 9.47. The van der Waals surface area contributed by atoms with E-state index in [0.717, 1.165) is 34.6 Å². The van der Waals surface area contributed by atoms with Crippen LogP contribution in [0.2, 0.25) is 0 Å². The third kappa shape index (κ3) is 3.40. The maximum atomic E-state index is 13.7. The van der Waals surface area contributed by atoms with Crippen molar-refractivity contribution in [3.05, 3.63) is 70.0 Å². The van der Waals surface area contributed by atoms with Crippen molar-refractivity contribution >= 4 is 17.5 Å². The summed E-state index contributed by atoms with van der Waals surface area (Å²) in [5, 5.41) is 7.59. The Morgan fingerprint density at radius 3 is 2.47 bits per heavy atom. The van der Waals surface area contributed by atoms with E-state index in [9.17, 15) is 9.59 Å². The third-order valence-corrected chi connectivity index (χ3v) is 6.73. The topological polar surface area (TPSA) is 90.0 Å². The van der Waals surface area contributed by atoms with Crippen LogP contribution in [0.5, 0.6) is 0 Å². The molecule has 2 amide bonds. The number of rotatable bonds is 4. The van der Waals surface area contributed by atoms with Gasteiger partial charge in [-0.25, -0.2) is 0 Å². The van der Waals surface area contributed by atoms with Crippen LogP contribution in [0.15, 0.2) is 36.4 Å². The van der Waals surface area contributed by atoms with Gasteiger partial charge in [0.15, 0.2) is 0 Å². The summed E-state index contributed by atoms with van der Waals surface area (Å²) in [4.78, 5) is 26.0. The minimum Gasteiger partial charge on any atom is -0.366 e. The van der Waals surface area contributed by atoms with Gasteiger partial charge in [0.2, 0.25) is 5.91 Å². The van der Waals surface area contributed by atoms with Crippen molar-refractivity contribution < 1.29 is 9.59 Å². The predicted molar refractivity (Wildman–Crippen MR) is 127 cm³/mol. The first-order valence-electron chi connectivity index (χ1n) is 10.9. The normalized spacial score (nSPS) is 16.6. The molecule has 0 unspecified atom stereocenters. The molecule has 0 saturated carbocycles. The Morgan fingerprint density at radius 2 is 1.84 bits per heavy atom. The number of nitrogens with one attached hydrogen (secondary N) is 1. The van der Waals surface area contributed by atoms with Gasteiger partial charge >= 0.3 is 0 Å². The van der Waals surface area contributed by atoms with Crippen molar-refractivity contribution in [2.24, 2.45) is 12.8 Å². The number of aromatic nitrogens is 2. The van der Waals surface area contributed by atoms with Gasteiger partial charge in [-0.1, -0.05) is 45.0 Å². The average molecular weight is 431 g/mol. The highest BCUT2D eigenvalue weighted by Gasteiger charge is 2.36. The molecule has 0 spiro atoms. The molecule has 3 N–H and O–H groups in total. The van der Waals surface area contributed by atoms with Gasteiger partial charge in [0, 0.05) is 24.0 Å². The van der Waals surface area contributed by atoms with E-state index in [0.29, 0.717) is 11.5 Å². The van der Waals surface area contributed by atoms with Gasteiger partial charge in [-0.05, 0) is 60.4 Å². The summed E-state index contributed by atoms with van der Waals surface area (Å²) in [5.74, 6) is -0.656. The summed E-state index contributed by atoms with van der Waals surface area (Å²) < 4.78 is 1.77. The Kier molecular flexibility index (Phi) is 5.19. The zero-order valence-corrected chi connectivity index (χ0v) is 19.5. The first kappa shape index (κ1) is 21.8. The van der Waals surface area contributed by atoms with E-state index in [1.165, 1.54) is 5.56 Å². The number of primary amides is 1. The number of carbonyl (C=O) groups excluding carboxylic acids is 2. The molecule has 0 saturated heterocycles. The van der Waals surface area contributed by atoms with E-state index in [1.54, 1.807) is 16.8 Å². The van der Waals surface area contributed by atoms with Gasteiger partial charge in [0.25, 0.3) is 5.91 Å². The lowest BCUT2D eigenvalue weighted by Gasteiger charge is -2.20. The molecule has 1 aliphatic carbocycles. The quantitative estimate of drug-likeness (QED) is 0.621. The fraction of sp³-hybridized carbons (Fsp3) is 0.346. The third-order valence-electron chi connectivity index (χ3n) is 6.73. The van der Waals surface area contributed by atoms with Crippen LogP contribution in [0.4, 0.5) is 5.69 Å². The molecular weight excluding hydrogens is 400 g/mol. The van der Waals surface area contributed by atoms with E-state index in [4.69, 9.17) is 5.73 Å². The van der Waals surface area contributed by atoms with E-state index < -0.39 is 5.91 Å². The van der Waals surface area contributed by atoms with Crippen molar-refractivity contribution in [3.63, 3.8) is 0 Å². The minimum atomic E-state index is -0.635. The molecule has 3 aromatic rings. The number of fused-ring (bicyclic) bond motifs is 1. The molecule has 1 aromatic heterocycles. The maximum Gasteiger partial charge on any atom is 0.257 e. The summed E-state index contributed by atoms with van der Waals surface area (Å²) in [6, 6.07) is 11.2. The van der Waals surface area contributed by atoms with Gasteiger partial charge in [-0.15, -0.1) is 0 Å². The lowest BCUT2D eigenvalue weighted by atomic mass is 9.86. The van der Waals surface area contributed by atoms with Crippen molar-refractivity contribution in [1.82, 2.24) is 9.78 Å². The molecule has 6 heteroatoms. The zero-order chi connectivity index (χ0) is 23.4. The zero-order valence-electron chi connectivity index (χ0n) is 19.5. The Labute approximate surface area is 188 Å². The SMILES string of the molecule is Cc1nn(C)c(C)c1-c1cccc(C(N)=O)c1C(=O)Nc1cccc2c1[C@H](C)CC2(C)C. The number of amides is 2. The highest BCUT2D eigenvalue weighted by atomic mass is 16.2. The van der Waals surface area contributed by atoms with Crippen molar-refractivity contribution in [1.29, 1.82) is 0 Å². The molecule has 0 radical (unpaired) electrons. The van der Waals surface area contributed by atoms with Gasteiger partial charge in [-0.2, -0.15) is 5.10 Å². The van der Waals surface area contributed by atoms with Gasteiger partial charge in [0.05, 0.1) is 16.8 Å². The van der Waals surface area contributed by atoms with Gasteiger partial charge < -0.3 is 11.1 Å². The monoisotopic (exact) mass is 430 g/mol. The number of hydrogen-bond donors (Lipinski definition) is 2. The number of anilines is 1. The fourth-order valence-corrected chi connectivity index (χ4v) is 5.33. The molecule has 0 bridgehead atoms. The van der Waals surface area contributed by atoms with Crippen LogP contribution in [-0.2, 0) is 12.5 Å². The Hall–Kier alpha value is -3.41. The number of hydrogen-bond acceptors (Lipinski definition) is 3. The molecule has 2 aromatic carbocycles. The van der Waals surface area contributed by atoms with Crippen molar-refractivity contribution in [3.8, 4) is 11.1 Å². The predicted octanol–water partition coefficient (Wildman–Crippen LogP) is 4.84. The van der Waals surface area contributed by atoms with E-state index in [2.05, 4.69) is 37.3 Å². The standard InChI is InChI=1S/C26H30N4O2/c1-14-13-26(4,5)19-11-8-12-20(21(14)19)28-25(32)23-17(9-7-10-18(23)24(27)31)22-15(2)29-30(6)16(22)3/h7-12,14H,13H2,1-6H3,(H2,27,31)(H,28,32)/t14-/m1/s1. The van der Waals surface area contributed by atoms with Crippen LogP contribution in [-0.4, -0.2) is 21.6 Å². The summed E-state index contributed by atoms with van der Waals surface area (Å²) in [6.45, 7) is 10.5. The molecule has 0 fully saturated rings. The molecule has 1 aliphatic rings. The van der Waals surface area contributed by atoms with Gasteiger partial charge in [0.1, 0.15) is 0 Å². The summed E-state index contributed by atoms with van der Waals surface area (Å²) in [6.07, 6.45) is 1.02. The lowest BCUT2D eigenvalue weighted by Crippen LogP contribution is -2.22. The van der Waals surface area contributed by atoms with E-state index >= 15 is 0 Å². The van der Waals surface area contributed by atoms with Crippen LogP contribution in [0.1, 0.15) is 76.3 Å². The maximum absolute atomic E-state index is 13.7. The van der Waals surface area contributed by atoms with Gasteiger partial charge in [-0.3, -0.25) is 14.3 Å². The number of benzene rings is 2. The Morgan fingerprint density at radius 1 is 1.16 bits per heavy atom. The lowest BCUT2D eigenvalue weighted by molar-refractivity contribution is 0.0977. The van der Waals surface area contributed by atoms with Crippen LogP contribution in [0.25, 0.3) is 11.1 Å². The number of nitrogens with zero attached hydrogens (tertiary/aromatic N) is 2. The highest BCUT2D eigenvalue weighted by Crippen LogP contribution is 2.48. The average Bonchev–Trinajstić information content (AvgIpc) is 3.11. The molecular formula is C26H30N4O2. The second kappa shape index (κ2) is 7.62. The fourth-order valence-electron chi connectivity index (χ4n) is 5.33. The summed E-state index contributed by atoms with van der Waals surface area (Å²) in [7, 11) is 1.86. The Balaban J connectivity index is 1.86. The van der Waals surface area contributed by atoms with Crippen LogP contribution in [0, 0.1) is 13.8 Å². The molecule has 1 atom stereocenters. The molecule has 32 heavy (non-hydrogen) atoms. The Bertz CT molecular complexity index is 1250. The number of nitrogens with two attached hydrogens (primary N) is 1. The van der Waals surface area contributed by atoms with Crippen molar-refractivity contribution in [2.45, 2.75) is 52.4 Å². The highest BCUT2D eigenvalue weighted by molar-refractivity contribution is 6.16. The van der Waals surface area contributed by atoms with E-state index in [-0.39, 0.29) is 22.4 Å². The molecule has 1 heterocycles. The van der Waals surface area contributed by atoms with Crippen LogP contribution in [0.3, 0.4) is 0 Å². The minimum absolute atomic E-state index is 0.0513. The number of aryl methyl sites for hydroxylation is 2. The summed E-state index contributed by atoms with van der Waals surface area (Å²) >= 11 is 0.